The number of nitrogens with two attached hydrogens (primary N) is 1. The lowest BCUT2D eigenvalue weighted by Gasteiger charge is -2.00. The van der Waals surface area contributed by atoms with Crippen LogP contribution in [-0.4, -0.2) is 16.0 Å². The van der Waals surface area contributed by atoms with Crippen molar-refractivity contribution in [2.24, 2.45) is 5.73 Å². The minimum atomic E-state index is -0.211. The van der Waals surface area contributed by atoms with Crippen LogP contribution in [0, 0.1) is 0 Å². The van der Waals surface area contributed by atoms with Gasteiger partial charge in [0.25, 0.3) is 0 Å². The van der Waals surface area contributed by atoms with E-state index in [-0.39, 0.29) is 11.7 Å². The van der Waals surface area contributed by atoms with E-state index in [4.69, 9.17) is 17.3 Å². The predicted molar refractivity (Wildman–Crippen MR) is 72.5 cm³/mol. The molecule has 0 aliphatic rings. The first-order chi connectivity index (χ1) is 8.56. The number of carbonyl (C=O) groups excluding carboxylic acids is 1. The Morgan fingerprint density at radius 2 is 2.17 bits per heavy atom. The molecule has 4 nitrogen and oxygen atoms in total. The van der Waals surface area contributed by atoms with Crippen molar-refractivity contribution in [3.63, 3.8) is 0 Å². The highest BCUT2D eigenvalue weighted by molar-refractivity contribution is 6.35. The summed E-state index contributed by atoms with van der Waals surface area (Å²) in [6, 6.07) is 6.80. The molecule has 96 valence electrons. The molecule has 0 unspecified atom stereocenters. The summed E-state index contributed by atoms with van der Waals surface area (Å²) in [6.07, 6.45) is 2.99. The summed E-state index contributed by atoms with van der Waals surface area (Å²) in [5.74, 6) is -0.0486. The van der Waals surface area contributed by atoms with Gasteiger partial charge in [0.15, 0.2) is 0 Å². The van der Waals surface area contributed by atoms with Gasteiger partial charge in [0.05, 0.1) is 5.02 Å². The van der Waals surface area contributed by atoms with E-state index >= 15 is 0 Å². The fourth-order valence-electron chi connectivity index (χ4n) is 1.37. The largest absolute Gasteiger partial charge is 0.506 e. The highest BCUT2D eigenvalue weighted by Crippen LogP contribution is 2.28. The van der Waals surface area contributed by atoms with Gasteiger partial charge in [-0.15, -0.1) is 0 Å². The molecule has 0 aliphatic heterocycles. The highest BCUT2D eigenvalue weighted by Gasteiger charge is 2.02. The Kier molecular flexibility index (Phi) is 5.39. The molecule has 2 rings (SSSR count). The zero-order valence-electron chi connectivity index (χ0n) is 10.1. The molecule has 18 heavy (non-hydrogen) atoms. The number of pyridine rings is 1. The van der Waals surface area contributed by atoms with Gasteiger partial charge in [0.2, 0.25) is 5.91 Å². The molecule has 0 spiro atoms. The van der Waals surface area contributed by atoms with Crippen LogP contribution in [0.2, 0.25) is 5.02 Å². The third-order valence-corrected chi connectivity index (χ3v) is 2.52. The number of phenols is 1. The SMILES string of the molecule is CCCC(N)=O.Oc1ccc(Cl)c2cccnc12. The fraction of sp³-hybridized carbons (Fsp3) is 0.231. The minimum absolute atomic E-state index is 0.162. The summed E-state index contributed by atoms with van der Waals surface area (Å²) in [5.41, 5.74) is 5.31. The van der Waals surface area contributed by atoms with Gasteiger partial charge in [-0.2, -0.15) is 0 Å². The zero-order chi connectivity index (χ0) is 13.5. The van der Waals surface area contributed by atoms with Crippen molar-refractivity contribution < 1.29 is 9.90 Å². The quantitative estimate of drug-likeness (QED) is 0.877. The van der Waals surface area contributed by atoms with Crippen LogP contribution in [0.15, 0.2) is 30.5 Å². The Balaban J connectivity index is 0.000000232. The van der Waals surface area contributed by atoms with Gasteiger partial charge in [-0.25, -0.2) is 0 Å². The molecule has 3 N–H and O–H groups in total. The molecule has 1 aromatic carbocycles. The number of phenolic OH excluding ortho intramolecular Hbond substituents is 1. The van der Waals surface area contributed by atoms with Crippen molar-refractivity contribution in [3.8, 4) is 5.75 Å². The molecule has 0 fully saturated rings. The Bertz CT molecular complexity index is 503. The average Bonchev–Trinajstić information content (AvgIpc) is 2.35. The van der Waals surface area contributed by atoms with Crippen molar-refractivity contribution in [1.82, 2.24) is 4.98 Å². The smallest absolute Gasteiger partial charge is 0.217 e. The van der Waals surface area contributed by atoms with Crippen molar-refractivity contribution in [3.05, 3.63) is 35.5 Å². The minimum Gasteiger partial charge on any atom is -0.506 e. The second kappa shape index (κ2) is 6.81. The molecule has 1 amide bonds. The summed E-state index contributed by atoms with van der Waals surface area (Å²) in [4.78, 5) is 13.8. The lowest BCUT2D eigenvalue weighted by molar-refractivity contribution is -0.118. The van der Waals surface area contributed by atoms with Crippen molar-refractivity contribution >= 4 is 28.4 Å². The second-order valence-electron chi connectivity index (χ2n) is 3.68. The molecule has 0 saturated carbocycles. The van der Waals surface area contributed by atoms with Crippen LogP contribution in [0.3, 0.4) is 0 Å². The summed E-state index contributed by atoms with van der Waals surface area (Å²) < 4.78 is 0. The second-order valence-corrected chi connectivity index (χ2v) is 4.09. The first-order valence-electron chi connectivity index (χ1n) is 5.56. The number of aromatic hydroxyl groups is 1. The van der Waals surface area contributed by atoms with Crippen LogP contribution in [0.4, 0.5) is 0 Å². The molecule has 0 aliphatic carbocycles. The van der Waals surface area contributed by atoms with E-state index in [0.29, 0.717) is 17.0 Å². The molecular formula is C13H15ClN2O2. The molecule has 5 heteroatoms. The van der Waals surface area contributed by atoms with Crippen molar-refractivity contribution in [2.75, 3.05) is 0 Å². The molecule has 1 heterocycles. The van der Waals surface area contributed by atoms with Crippen molar-refractivity contribution in [2.45, 2.75) is 19.8 Å². The average molecular weight is 267 g/mol. The Morgan fingerprint density at radius 1 is 1.44 bits per heavy atom. The fourth-order valence-corrected chi connectivity index (χ4v) is 1.58. The first kappa shape index (κ1) is 14.3. The highest BCUT2D eigenvalue weighted by atomic mass is 35.5. The number of aromatic nitrogens is 1. The molecule has 0 radical (unpaired) electrons. The Morgan fingerprint density at radius 3 is 2.67 bits per heavy atom. The number of halogens is 1. The van der Waals surface area contributed by atoms with Crippen LogP contribution >= 0.6 is 11.6 Å². The van der Waals surface area contributed by atoms with Gasteiger partial charge in [0.1, 0.15) is 11.3 Å². The maximum atomic E-state index is 9.82. The lowest BCUT2D eigenvalue weighted by atomic mass is 10.2. The third kappa shape index (κ3) is 3.89. The van der Waals surface area contributed by atoms with Gasteiger partial charge in [-0.1, -0.05) is 18.5 Å². The molecule has 1 aromatic heterocycles. The van der Waals surface area contributed by atoms with Gasteiger partial charge >= 0.3 is 0 Å². The van der Waals surface area contributed by atoms with Gasteiger partial charge in [-0.05, 0) is 30.7 Å². The Labute approximate surface area is 110 Å². The van der Waals surface area contributed by atoms with E-state index in [0.717, 1.165) is 11.8 Å². The lowest BCUT2D eigenvalue weighted by Crippen LogP contribution is -2.08. The number of benzene rings is 1. The summed E-state index contributed by atoms with van der Waals surface area (Å²) >= 11 is 5.88. The first-order valence-corrected chi connectivity index (χ1v) is 5.94. The monoisotopic (exact) mass is 266 g/mol. The summed E-state index contributed by atoms with van der Waals surface area (Å²) in [6.45, 7) is 1.92. The number of fused-ring (bicyclic) bond motifs is 1. The summed E-state index contributed by atoms with van der Waals surface area (Å²) in [5, 5.41) is 10.8. The predicted octanol–water partition coefficient (Wildman–Crippen LogP) is 2.87. The number of nitrogens with zero attached hydrogens (tertiary/aromatic N) is 1. The van der Waals surface area contributed by atoms with Gasteiger partial charge < -0.3 is 10.8 Å². The van der Waals surface area contributed by atoms with Crippen LogP contribution in [0.1, 0.15) is 19.8 Å². The van der Waals surface area contributed by atoms with Crippen LogP contribution in [-0.2, 0) is 4.79 Å². The van der Waals surface area contributed by atoms with E-state index in [9.17, 15) is 9.90 Å². The number of rotatable bonds is 2. The number of hydrogen-bond donors (Lipinski definition) is 2. The van der Waals surface area contributed by atoms with E-state index in [1.807, 2.05) is 13.0 Å². The maximum absolute atomic E-state index is 9.82. The zero-order valence-corrected chi connectivity index (χ0v) is 10.8. The molecule has 0 bridgehead atoms. The molecule has 0 atom stereocenters. The van der Waals surface area contributed by atoms with Gasteiger partial charge in [0, 0.05) is 18.0 Å². The van der Waals surface area contributed by atoms with E-state index in [2.05, 4.69) is 4.98 Å². The molecule has 2 aromatic rings. The maximum Gasteiger partial charge on any atom is 0.217 e. The Hall–Kier alpha value is -1.81. The van der Waals surface area contributed by atoms with E-state index < -0.39 is 0 Å². The van der Waals surface area contributed by atoms with E-state index in [1.54, 1.807) is 18.3 Å². The number of amides is 1. The number of hydrogen-bond acceptors (Lipinski definition) is 3. The molecular weight excluding hydrogens is 252 g/mol. The van der Waals surface area contributed by atoms with Gasteiger partial charge in [-0.3, -0.25) is 9.78 Å². The molecule has 0 saturated heterocycles. The number of carbonyl (C=O) groups is 1. The number of primary amides is 1. The van der Waals surface area contributed by atoms with Crippen LogP contribution < -0.4 is 5.73 Å². The van der Waals surface area contributed by atoms with Crippen molar-refractivity contribution in [1.29, 1.82) is 0 Å². The van der Waals surface area contributed by atoms with Crippen LogP contribution in [0.5, 0.6) is 5.75 Å². The topological polar surface area (TPSA) is 76.2 Å². The summed E-state index contributed by atoms with van der Waals surface area (Å²) in [7, 11) is 0. The normalized spacial score (nSPS) is 9.67. The third-order valence-electron chi connectivity index (χ3n) is 2.19. The standard InChI is InChI=1S/C9H6ClNO.C4H9NO/c10-7-3-4-8(12)9-6(7)2-1-5-11-9;1-2-3-4(5)6/h1-5,12H;2-3H2,1H3,(H2,5,6). The van der Waals surface area contributed by atoms with E-state index in [1.165, 1.54) is 6.07 Å². The van der Waals surface area contributed by atoms with Crippen LogP contribution in [0.25, 0.3) is 10.9 Å².